The Hall–Kier alpha value is -2.32. The van der Waals surface area contributed by atoms with E-state index in [4.69, 9.17) is 9.47 Å². The van der Waals surface area contributed by atoms with Gasteiger partial charge in [0.05, 0.1) is 19.8 Å². The maximum Gasteiger partial charge on any atom is 0.259 e. The van der Waals surface area contributed by atoms with E-state index in [-0.39, 0.29) is 12.5 Å². The summed E-state index contributed by atoms with van der Waals surface area (Å²) in [6.07, 6.45) is 0. The van der Waals surface area contributed by atoms with Crippen molar-refractivity contribution in [3.63, 3.8) is 0 Å². The van der Waals surface area contributed by atoms with E-state index < -0.39 is 0 Å². The molecule has 0 aromatic heterocycles. The number of rotatable bonds is 9. The second-order valence-corrected chi connectivity index (χ2v) is 7.30. The molecule has 2 rings (SSSR count). The molecule has 1 aliphatic rings. The van der Waals surface area contributed by atoms with E-state index in [1.165, 1.54) is 4.90 Å². The van der Waals surface area contributed by atoms with Crippen molar-refractivity contribution >= 4 is 11.9 Å². The number of nitrogens with one attached hydrogen (secondary N) is 2. The standard InChI is InChI=1S/C21H35N5O3/c1-5-22-21(23-14-17(2)26-9-11-28-12-10-26)24-15-18-7-6-8-19(13-18)29-16-20(27)25(3)4/h6-8,13,17H,5,9-12,14-16H2,1-4H3,(H2,22,23,24). The van der Waals surface area contributed by atoms with E-state index in [9.17, 15) is 4.79 Å². The van der Waals surface area contributed by atoms with Crippen molar-refractivity contribution in [3.05, 3.63) is 29.8 Å². The third-order valence-corrected chi connectivity index (χ3v) is 4.76. The van der Waals surface area contributed by atoms with Crippen LogP contribution in [0.3, 0.4) is 0 Å². The van der Waals surface area contributed by atoms with Gasteiger partial charge in [-0.2, -0.15) is 0 Å². The largest absolute Gasteiger partial charge is 0.484 e. The van der Waals surface area contributed by atoms with E-state index >= 15 is 0 Å². The molecule has 1 saturated heterocycles. The summed E-state index contributed by atoms with van der Waals surface area (Å²) in [5.74, 6) is 1.40. The molecule has 2 N–H and O–H groups in total. The van der Waals surface area contributed by atoms with Crippen molar-refractivity contribution in [2.24, 2.45) is 4.99 Å². The molecule has 0 spiro atoms. The maximum absolute atomic E-state index is 11.7. The van der Waals surface area contributed by atoms with Crippen LogP contribution >= 0.6 is 0 Å². The molecule has 1 heterocycles. The van der Waals surface area contributed by atoms with Crippen molar-refractivity contribution in [3.8, 4) is 5.75 Å². The van der Waals surface area contributed by atoms with Gasteiger partial charge in [0, 0.05) is 46.3 Å². The Balaban J connectivity index is 1.88. The molecule has 1 unspecified atom stereocenters. The van der Waals surface area contributed by atoms with Crippen LogP contribution in [0, 0.1) is 0 Å². The number of morpholine rings is 1. The van der Waals surface area contributed by atoms with Gasteiger partial charge >= 0.3 is 0 Å². The van der Waals surface area contributed by atoms with Crippen LogP contribution in [0.2, 0.25) is 0 Å². The van der Waals surface area contributed by atoms with E-state index in [0.717, 1.165) is 50.9 Å². The van der Waals surface area contributed by atoms with Gasteiger partial charge < -0.3 is 25.0 Å². The first kappa shape index (κ1) is 23.0. The van der Waals surface area contributed by atoms with Gasteiger partial charge in [0.2, 0.25) is 0 Å². The fraction of sp³-hybridized carbons (Fsp3) is 0.619. The van der Waals surface area contributed by atoms with E-state index in [2.05, 4.69) is 34.4 Å². The van der Waals surface area contributed by atoms with Crippen LogP contribution in [0.5, 0.6) is 5.75 Å². The fourth-order valence-electron chi connectivity index (χ4n) is 2.91. The smallest absolute Gasteiger partial charge is 0.259 e. The number of ether oxygens (including phenoxy) is 2. The van der Waals surface area contributed by atoms with E-state index in [1.807, 2.05) is 24.3 Å². The number of carbonyl (C=O) groups excluding carboxylic acids is 1. The first-order chi connectivity index (χ1) is 14.0. The van der Waals surface area contributed by atoms with Crippen LogP contribution in [0.1, 0.15) is 19.4 Å². The predicted octanol–water partition coefficient (Wildman–Crippen LogP) is 0.929. The molecule has 8 nitrogen and oxygen atoms in total. The normalized spacial score (nSPS) is 16.2. The Morgan fingerprint density at radius 2 is 2.07 bits per heavy atom. The Morgan fingerprint density at radius 3 is 2.76 bits per heavy atom. The quantitative estimate of drug-likeness (QED) is 0.470. The lowest BCUT2D eigenvalue weighted by Crippen LogP contribution is -2.49. The summed E-state index contributed by atoms with van der Waals surface area (Å²) in [7, 11) is 3.43. The number of nitrogens with zero attached hydrogens (tertiary/aromatic N) is 3. The number of aliphatic imine (C=N–C) groups is 1. The third-order valence-electron chi connectivity index (χ3n) is 4.76. The van der Waals surface area contributed by atoms with Crippen molar-refractivity contribution in [1.82, 2.24) is 20.4 Å². The zero-order valence-corrected chi connectivity index (χ0v) is 18.1. The number of guanidine groups is 1. The predicted molar refractivity (Wildman–Crippen MR) is 115 cm³/mol. The lowest BCUT2D eigenvalue weighted by molar-refractivity contribution is -0.130. The summed E-state index contributed by atoms with van der Waals surface area (Å²) in [4.78, 5) is 20.3. The molecule has 1 amide bonds. The molecule has 0 saturated carbocycles. The van der Waals surface area contributed by atoms with E-state index in [1.54, 1.807) is 14.1 Å². The zero-order chi connectivity index (χ0) is 21.1. The molecule has 0 radical (unpaired) electrons. The summed E-state index contributed by atoms with van der Waals surface area (Å²) in [6.45, 7) is 10.0. The van der Waals surface area contributed by atoms with Crippen LogP contribution in [0.4, 0.5) is 0 Å². The van der Waals surface area contributed by atoms with Gasteiger partial charge in [-0.15, -0.1) is 0 Å². The van der Waals surface area contributed by atoms with Gasteiger partial charge in [-0.3, -0.25) is 9.69 Å². The SMILES string of the molecule is CCNC(=NCc1cccc(OCC(=O)N(C)C)c1)NCC(C)N1CCOCC1. The monoisotopic (exact) mass is 405 g/mol. The molecule has 0 aliphatic carbocycles. The maximum atomic E-state index is 11.7. The third kappa shape index (κ3) is 8.29. The second kappa shape index (κ2) is 12.3. The number of amides is 1. The van der Waals surface area contributed by atoms with Crippen LogP contribution < -0.4 is 15.4 Å². The number of carbonyl (C=O) groups is 1. The van der Waals surface area contributed by atoms with Gasteiger partial charge in [0.1, 0.15) is 5.75 Å². The van der Waals surface area contributed by atoms with Gasteiger partial charge in [0.15, 0.2) is 12.6 Å². The molecular weight excluding hydrogens is 370 g/mol. The lowest BCUT2D eigenvalue weighted by Gasteiger charge is -2.32. The summed E-state index contributed by atoms with van der Waals surface area (Å²) in [5.41, 5.74) is 1.03. The van der Waals surface area contributed by atoms with E-state index in [0.29, 0.717) is 18.3 Å². The molecular formula is C21H35N5O3. The van der Waals surface area contributed by atoms with Gasteiger partial charge in [-0.1, -0.05) is 12.1 Å². The molecule has 1 fully saturated rings. The van der Waals surface area contributed by atoms with Crippen LogP contribution in [0.15, 0.2) is 29.3 Å². The lowest BCUT2D eigenvalue weighted by atomic mass is 10.2. The topological polar surface area (TPSA) is 78.4 Å². The highest BCUT2D eigenvalue weighted by Gasteiger charge is 2.17. The Bertz CT molecular complexity index is 659. The zero-order valence-electron chi connectivity index (χ0n) is 18.1. The first-order valence-corrected chi connectivity index (χ1v) is 10.3. The van der Waals surface area contributed by atoms with Crippen molar-refractivity contribution in [2.75, 3.05) is 60.1 Å². The Labute approximate surface area is 174 Å². The Morgan fingerprint density at radius 1 is 1.31 bits per heavy atom. The minimum atomic E-state index is -0.0681. The highest BCUT2D eigenvalue weighted by Crippen LogP contribution is 2.14. The summed E-state index contributed by atoms with van der Waals surface area (Å²) in [6, 6.07) is 8.11. The van der Waals surface area contributed by atoms with Crippen LogP contribution in [0.25, 0.3) is 0 Å². The molecule has 1 atom stereocenters. The number of hydrogen-bond acceptors (Lipinski definition) is 5. The molecule has 162 valence electrons. The molecule has 1 aromatic rings. The summed E-state index contributed by atoms with van der Waals surface area (Å²) in [5, 5.41) is 6.72. The molecule has 0 bridgehead atoms. The highest BCUT2D eigenvalue weighted by atomic mass is 16.5. The number of hydrogen-bond donors (Lipinski definition) is 2. The molecule has 8 heteroatoms. The van der Waals surface area contributed by atoms with Crippen LogP contribution in [-0.2, 0) is 16.1 Å². The van der Waals surface area contributed by atoms with Gasteiger partial charge in [-0.25, -0.2) is 4.99 Å². The fourth-order valence-corrected chi connectivity index (χ4v) is 2.91. The molecule has 1 aliphatic heterocycles. The first-order valence-electron chi connectivity index (χ1n) is 10.3. The highest BCUT2D eigenvalue weighted by molar-refractivity contribution is 5.79. The average Bonchev–Trinajstić information content (AvgIpc) is 2.74. The van der Waals surface area contributed by atoms with Gasteiger partial charge in [0.25, 0.3) is 5.91 Å². The summed E-state index contributed by atoms with van der Waals surface area (Å²) >= 11 is 0. The van der Waals surface area contributed by atoms with Crippen molar-refractivity contribution in [2.45, 2.75) is 26.4 Å². The van der Waals surface area contributed by atoms with Crippen molar-refractivity contribution in [1.29, 1.82) is 0 Å². The minimum Gasteiger partial charge on any atom is -0.484 e. The summed E-state index contributed by atoms with van der Waals surface area (Å²) < 4.78 is 11.0. The van der Waals surface area contributed by atoms with Gasteiger partial charge in [-0.05, 0) is 31.5 Å². The van der Waals surface area contributed by atoms with Crippen molar-refractivity contribution < 1.29 is 14.3 Å². The molecule has 1 aromatic carbocycles. The second-order valence-electron chi connectivity index (χ2n) is 7.30. The molecule has 29 heavy (non-hydrogen) atoms. The Kier molecular flexibility index (Phi) is 9.73. The van der Waals surface area contributed by atoms with Crippen LogP contribution in [-0.4, -0.2) is 87.8 Å². The average molecular weight is 406 g/mol. The number of benzene rings is 1. The minimum absolute atomic E-state index is 0.0311. The number of likely N-dealkylation sites (N-methyl/N-ethyl adjacent to an activating group) is 1.